The van der Waals surface area contributed by atoms with Gasteiger partial charge in [-0.05, 0) is 63.5 Å². The van der Waals surface area contributed by atoms with E-state index in [0.717, 1.165) is 16.4 Å². The normalized spacial score (nSPS) is 12.0. The van der Waals surface area contributed by atoms with Crippen LogP contribution < -0.4 is 16.0 Å². The maximum absolute atomic E-state index is 12.0. The van der Waals surface area contributed by atoms with Crippen molar-refractivity contribution in [3.8, 4) is 6.07 Å². The molecule has 9 heteroatoms. The fraction of sp³-hybridized carbons (Fsp3) is 0.450. The average molecular weight is 418 g/mol. The Morgan fingerprint density at radius 2 is 2.10 bits per heavy atom. The zero-order valence-corrected chi connectivity index (χ0v) is 18.1. The Morgan fingerprint density at radius 3 is 2.69 bits per heavy atom. The van der Waals surface area contributed by atoms with Crippen LogP contribution in [0.5, 0.6) is 0 Å². The molecule has 156 valence electrons. The summed E-state index contributed by atoms with van der Waals surface area (Å²) in [4.78, 5) is 12.0. The molecule has 1 amide bonds. The monoisotopic (exact) mass is 417 g/mol. The van der Waals surface area contributed by atoms with E-state index >= 15 is 0 Å². The van der Waals surface area contributed by atoms with Gasteiger partial charge in [0.05, 0.1) is 29.6 Å². The number of nitrogens with one attached hydrogen (secondary N) is 3. The van der Waals surface area contributed by atoms with Crippen molar-refractivity contribution in [2.45, 2.75) is 39.3 Å². The molecular weight excluding hydrogens is 390 g/mol. The fourth-order valence-electron chi connectivity index (χ4n) is 2.48. The van der Waals surface area contributed by atoms with E-state index in [1.807, 2.05) is 45.9 Å². The van der Waals surface area contributed by atoms with E-state index in [4.69, 9.17) is 9.47 Å². The predicted octanol–water partition coefficient (Wildman–Crippen LogP) is 4.02. The third kappa shape index (κ3) is 7.60. The Balaban J connectivity index is 2.04. The first-order chi connectivity index (χ1) is 13.7. The van der Waals surface area contributed by atoms with Gasteiger partial charge in [-0.2, -0.15) is 9.64 Å². The number of benzene rings is 1. The first-order valence-corrected chi connectivity index (χ1v) is 9.94. The molecule has 0 saturated heterocycles. The van der Waals surface area contributed by atoms with E-state index in [0.29, 0.717) is 24.4 Å². The molecular formula is C20H27N5O3S. The van der Waals surface area contributed by atoms with Gasteiger partial charge < -0.3 is 25.4 Å². The molecule has 0 aliphatic carbocycles. The van der Waals surface area contributed by atoms with Crippen molar-refractivity contribution in [2.24, 2.45) is 0 Å². The predicted molar refractivity (Wildman–Crippen MR) is 115 cm³/mol. The number of aromatic nitrogens is 1. The minimum Gasteiger partial charge on any atom is -0.444 e. The van der Waals surface area contributed by atoms with Gasteiger partial charge >= 0.3 is 6.09 Å². The summed E-state index contributed by atoms with van der Waals surface area (Å²) in [6.07, 6.45) is -0.496. The first-order valence-electron chi connectivity index (χ1n) is 9.17. The Kier molecular flexibility index (Phi) is 7.82. The Labute approximate surface area is 175 Å². The fourth-order valence-corrected chi connectivity index (χ4v) is 3.15. The number of methoxy groups -OCH3 is 1. The van der Waals surface area contributed by atoms with Crippen molar-refractivity contribution in [1.82, 2.24) is 9.69 Å². The highest BCUT2D eigenvalue weighted by atomic mass is 32.1. The number of hydrogen-bond donors (Lipinski definition) is 3. The molecule has 2 rings (SSSR count). The van der Waals surface area contributed by atoms with Gasteiger partial charge in [0.1, 0.15) is 16.7 Å². The number of carbonyl (C=O) groups is 1. The van der Waals surface area contributed by atoms with Gasteiger partial charge in [0.2, 0.25) is 0 Å². The van der Waals surface area contributed by atoms with Gasteiger partial charge in [-0.1, -0.05) is 0 Å². The van der Waals surface area contributed by atoms with E-state index in [9.17, 15) is 10.1 Å². The van der Waals surface area contributed by atoms with Gasteiger partial charge in [0.25, 0.3) is 0 Å². The zero-order valence-electron chi connectivity index (χ0n) is 17.3. The topological polar surface area (TPSA) is 108 Å². The standard InChI is InChI=1S/C20H27N5O3S/c1-13-8-18(29-25-13)24-17-9-15(7-6-14(17)10-21)22-11-16(12-27-5)23-19(26)28-20(2,3)4/h6-9,16,22,24H,11-12H2,1-5H3,(H,23,26)/t16-/m1/s1. The number of alkyl carbamates (subject to hydrolysis) is 1. The highest BCUT2D eigenvalue weighted by Gasteiger charge is 2.19. The molecule has 0 aliphatic heterocycles. The third-order valence-electron chi connectivity index (χ3n) is 3.67. The van der Waals surface area contributed by atoms with Crippen LogP contribution >= 0.6 is 11.5 Å². The van der Waals surface area contributed by atoms with Crippen LogP contribution in [0.2, 0.25) is 0 Å². The van der Waals surface area contributed by atoms with Crippen LogP contribution in [0.25, 0.3) is 0 Å². The molecule has 0 fully saturated rings. The number of hydrogen-bond acceptors (Lipinski definition) is 8. The lowest BCUT2D eigenvalue weighted by molar-refractivity contribution is 0.0474. The van der Waals surface area contributed by atoms with Gasteiger partial charge in [0, 0.05) is 19.3 Å². The number of rotatable bonds is 8. The van der Waals surface area contributed by atoms with Gasteiger partial charge in [-0.3, -0.25) is 0 Å². The zero-order chi connectivity index (χ0) is 21.4. The molecule has 29 heavy (non-hydrogen) atoms. The van der Waals surface area contributed by atoms with E-state index in [-0.39, 0.29) is 6.04 Å². The number of nitriles is 1. The van der Waals surface area contributed by atoms with Crippen molar-refractivity contribution in [2.75, 3.05) is 30.9 Å². The molecule has 1 aromatic carbocycles. The summed E-state index contributed by atoms with van der Waals surface area (Å²) in [6, 6.07) is 9.23. The molecule has 1 aromatic heterocycles. The number of anilines is 3. The van der Waals surface area contributed by atoms with E-state index < -0.39 is 11.7 Å². The maximum Gasteiger partial charge on any atom is 0.408 e. The van der Waals surface area contributed by atoms with E-state index in [1.54, 1.807) is 13.2 Å². The summed E-state index contributed by atoms with van der Waals surface area (Å²) in [7, 11) is 1.57. The largest absolute Gasteiger partial charge is 0.444 e. The van der Waals surface area contributed by atoms with Crippen LogP contribution in [0.3, 0.4) is 0 Å². The SMILES string of the molecule is COC[C@@H](CNc1ccc(C#N)c(Nc2cc(C)ns2)c1)NC(=O)OC(C)(C)C. The Hall–Kier alpha value is -2.83. The van der Waals surface area contributed by atoms with Gasteiger partial charge in [0.15, 0.2) is 0 Å². The Morgan fingerprint density at radius 1 is 1.34 bits per heavy atom. The summed E-state index contributed by atoms with van der Waals surface area (Å²) in [5.41, 5.74) is 2.37. The Bertz CT molecular complexity index is 870. The minimum absolute atomic E-state index is 0.286. The van der Waals surface area contributed by atoms with Crippen LogP contribution in [0.15, 0.2) is 24.3 Å². The summed E-state index contributed by atoms with van der Waals surface area (Å²) in [5, 5.41) is 19.5. The highest BCUT2D eigenvalue weighted by Crippen LogP contribution is 2.27. The highest BCUT2D eigenvalue weighted by molar-refractivity contribution is 7.10. The lowest BCUT2D eigenvalue weighted by Crippen LogP contribution is -2.45. The van der Waals surface area contributed by atoms with Crippen molar-refractivity contribution in [3.63, 3.8) is 0 Å². The second kappa shape index (κ2) is 10.1. The molecule has 0 aliphatic rings. The van der Waals surface area contributed by atoms with Crippen molar-refractivity contribution < 1.29 is 14.3 Å². The third-order valence-corrected chi connectivity index (χ3v) is 4.46. The second-order valence-corrected chi connectivity index (χ2v) is 8.31. The van der Waals surface area contributed by atoms with E-state index in [1.165, 1.54) is 11.5 Å². The van der Waals surface area contributed by atoms with Crippen LogP contribution in [-0.4, -0.2) is 42.4 Å². The van der Waals surface area contributed by atoms with Crippen molar-refractivity contribution in [1.29, 1.82) is 5.26 Å². The van der Waals surface area contributed by atoms with E-state index in [2.05, 4.69) is 26.4 Å². The number of amides is 1. The second-order valence-electron chi connectivity index (χ2n) is 7.51. The average Bonchev–Trinajstić information content (AvgIpc) is 3.03. The van der Waals surface area contributed by atoms with Crippen molar-refractivity contribution in [3.05, 3.63) is 35.5 Å². The summed E-state index contributed by atoms with van der Waals surface area (Å²) >= 11 is 1.34. The molecule has 2 aromatic rings. The lowest BCUT2D eigenvalue weighted by atomic mass is 10.1. The molecule has 0 radical (unpaired) electrons. The van der Waals surface area contributed by atoms with Gasteiger partial charge in [-0.15, -0.1) is 0 Å². The summed E-state index contributed by atoms with van der Waals surface area (Å²) in [5.74, 6) is 0. The van der Waals surface area contributed by atoms with Crippen LogP contribution in [0.1, 0.15) is 32.0 Å². The maximum atomic E-state index is 12.0. The van der Waals surface area contributed by atoms with Crippen LogP contribution in [-0.2, 0) is 9.47 Å². The first kappa shape index (κ1) is 22.5. The van der Waals surface area contributed by atoms with Crippen LogP contribution in [0, 0.1) is 18.3 Å². The molecule has 1 heterocycles. The number of carbonyl (C=O) groups excluding carboxylic acids is 1. The lowest BCUT2D eigenvalue weighted by Gasteiger charge is -2.24. The molecule has 1 atom stereocenters. The molecule has 8 nitrogen and oxygen atoms in total. The summed E-state index contributed by atoms with van der Waals surface area (Å²) < 4.78 is 14.7. The van der Waals surface area contributed by atoms with Crippen molar-refractivity contribution >= 4 is 34.0 Å². The smallest absolute Gasteiger partial charge is 0.408 e. The van der Waals surface area contributed by atoms with Crippen LogP contribution in [0.4, 0.5) is 21.2 Å². The quantitative estimate of drug-likeness (QED) is 0.595. The molecule has 0 spiro atoms. The van der Waals surface area contributed by atoms with Gasteiger partial charge in [-0.25, -0.2) is 4.79 Å². The number of nitrogens with zero attached hydrogens (tertiary/aromatic N) is 2. The summed E-state index contributed by atoms with van der Waals surface area (Å²) in [6.45, 7) is 8.11. The minimum atomic E-state index is -0.572. The number of aryl methyl sites for hydroxylation is 1. The molecule has 3 N–H and O–H groups in total. The number of ether oxygens (including phenoxy) is 2. The molecule has 0 unspecified atom stereocenters. The molecule has 0 saturated carbocycles. The molecule has 0 bridgehead atoms.